The van der Waals surface area contributed by atoms with Crippen molar-refractivity contribution in [2.45, 2.75) is 18.8 Å². The highest BCUT2D eigenvalue weighted by atomic mass is 32.2. The Hall–Kier alpha value is -3.27. The molecule has 1 saturated carbocycles. The van der Waals surface area contributed by atoms with Gasteiger partial charge >= 0.3 is 6.18 Å². The Kier molecular flexibility index (Phi) is 5.36. The lowest BCUT2D eigenvalue weighted by Gasteiger charge is -2.31. The zero-order chi connectivity index (χ0) is 24.2. The van der Waals surface area contributed by atoms with Crippen LogP contribution in [0.2, 0.25) is 0 Å². The number of piperidine rings is 1. The third kappa shape index (κ3) is 4.20. The van der Waals surface area contributed by atoms with E-state index in [-0.39, 0.29) is 12.1 Å². The molecule has 0 bridgehead atoms. The topological polar surface area (TPSA) is 37.2 Å². The molecule has 6 rings (SSSR count). The number of fused-ring (bicyclic) bond motifs is 1. The summed E-state index contributed by atoms with van der Waals surface area (Å²) in [7, 11) is 0. The minimum absolute atomic E-state index is 0.201. The van der Waals surface area contributed by atoms with Crippen LogP contribution in [0.5, 0.6) is 0 Å². The smallest absolute Gasteiger partial charge is 0.371 e. The summed E-state index contributed by atoms with van der Waals surface area (Å²) in [5, 5.41) is 7.73. The highest BCUT2D eigenvalue weighted by Gasteiger charge is 2.57. The average Bonchev–Trinajstić information content (AvgIpc) is 3.22. The fraction of sp³-hybridized carbons (Fsp3) is 0.280. The van der Waals surface area contributed by atoms with Crippen molar-refractivity contribution in [3.05, 3.63) is 96.0 Å². The van der Waals surface area contributed by atoms with Gasteiger partial charge in [-0.1, -0.05) is 36.4 Å². The second-order valence-corrected chi connectivity index (χ2v) is 10.0. The number of rotatable bonds is 5. The molecule has 1 aromatic heterocycles. The van der Waals surface area contributed by atoms with E-state index in [0.717, 1.165) is 46.7 Å². The van der Waals surface area contributed by atoms with Gasteiger partial charge in [0, 0.05) is 47.1 Å². The van der Waals surface area contributed by atoms with Crippen LogP contribution in [0.3, 0.4) is 0 Å². The number of nitrogens with zero attached hydrogens (tertiary/aromatic N) is 5. The van der Waals surface area contributed by atoms with Gasteiger partial charge in [0.1, 0.15) is 24.2 Å². The molecule has 0 radical (unpaired) electrons. The first-order chi connectivity index (χ1) is 16.9. The van der Waals surface area contributed by atoms with Crippen molar-refractivity contribution in [3.63, 3.8) is 0 Å². The van der Waals surface area contributed by atoms with Gasteiger partial charge in [0.25, 0.3) is 0 Å². The van der Waals surface area contributed by atoms with E-state index in [9.17, 15) is 13.2 Å². The van der Waals surface area contributed by atoms with Crippen molar-refractivity contribution >= 4 is 22.5 Å². The van der Waals surface area contributed by atoms with Gasteiger partial charge in [0.15, 0.2) is 0 Å². The minimum atomic E-state index is -4.54. The summed E-state index contributed by atoms with van der Waals surface area (Å²) in [6.07, 6.45) is 1.43. The molecular weight excluding hydrogens is 478 g/mol. The molecule has 0 N–H and O–H groups in total. The monoisotopic (exact) mass is 499 g/mol. The summed E-state index contributed by atoms with van der Waals surface area (Å²) < 4.78 is 59.4. The molecule has 2 aromatic carbocycles. The van der Waals surface area contributed by atoms with Gasteiger partial charge in [0.2, 0.25) is 0 Å². The van der Waals surface area contributed by atoms with Gasteiger partial charge < -0.3 is 13.8 Å². The van der Waals surface area contributed by atoms with Gasteiger partial charge in [-0.25, -0.2) is 4.39 Å². The lowest BCUT2D eigenvalue weighted by Crippen LogP contribution is -2.28. The van der Waals surface area contributed by atoms with E-state index < -0.39 is 17.7 Å². The lowest BCUT2D eigenvalue weighted by atomic mass is 10.1. The molecule has 5 nitrogen and oxygen atoms in total. The van der Waals surface area contributed by atoms with Crippen LogP contribution in [0.4, 0.5) is 23.2 Å². The molecule has 10 heteroatoms. The van der Waals surface area contributed by atoms with Crippen LogP contribution in [0.15, 0.2) is 79.0 Å². The summed E-state index contributed by atoms with van der Waals surface area (Å²) in [4.78, 5) is 2.81. The molecule has 1 saturated heterocycles. The number of aromatic nitrogens is 3. The molecule has 2 unspecified atom stereocenters. The summed E-state index contributed by atoms with van der Waals surface area (Å²) in [5.41, 5.74) is 0.986. The molecule has 2 atom stereocenters. The van der Waals surface area contributed by atoms with Crippen LogP contribution in [-0.4, -0.2) is 38.3 Å². The Labute approximate surface area is 203 Å². The second-order valence-electron chi connectivity index (χ2n) is 8.98. The number of allylic oxidation sites excluding steroid dienone is 3. The van der Waals surface area contributed by atoms with Crippen molar-refractivity contribution < 1.29 is 17.6 Å². The Balaban J connectivity index is 1.17. The fourth-order valence-electron chi connectivity index (χ4n) is 5.07. The van der Waals surface area contributed by atoms with Crippen molar-refractivity contribution in [2.75, 3.05) is 18.0 Å². The number of anilines is 1. The lowest BCUT2D eigenvalue weighted by molar-refractivity contribution is -0.104. The first kappa shape index (κ1) is 22.2. The van der Waals surface area contributed by atoms with Crippen molar-refractivity contribution in [3.8, 4) is 0 Å². The van der Waals surface area contributed by atoms with E-state index in [1.807, 2.05) is 34.9 Å². The molecule has 35 heavy (non-hydrogen) atoms. The molecule has 3 aliphatic rings. The van der Waals surface area contributed by atoms with E-state index in [0.29, 0.717) is 22.8 Å². The summed E-state index contributed by atoms with van der Waals surface area (Å²) in [6.45, 7) is 1.41. The van der Waals surface area contributed by atoms with Gasteiger partial charge in [-0.05, 0) is 41.8 Å². The van der Waals surface area contributed by atoms with Crippen LogP contribution in [0, 0.1) is 17.7 Å². The molecule has 3 heterocycles. The van der Waals surface area contributed by atoms with Crippen LogP contribution >= 0.6 is 11.9 Å². The Morgan fingerprint density at radius 2 is 1.66 bits per heavy atom. The number of benzene rings is 2. The summed E-state index contributed by atoms with van der Waals surface area (Å²) in [5.74, 6) is 0.443. The Morgan fingerprint density at radius 1 is 0.943 bits per heavy atom. The minimum Gasteiger partial charge on any atom is -0.371 e. The third-order valence-electron chi connectivity index (χ3n) is 6.86. The maximum Gasteiger partial charge on any atom is 0.431 e. The van der Waals surface area contributed by atoms with Gasteiger partial charge in [-0.2, -0.15) is 13.2 Å². The quantitative estimate of drug-likeness (QED) is 0.334. The van der Waals surface area contributed by atoms with Gasteiger partial charge in [-0.3, -0.25) is 0 Å². The van der Waals surface area contributed by atoms with E-state index >= 15 is 4.39 Å². The maximum atomic E-state index is 15.1. The average molecular weight is 500 g/mol. The predicted molar refractivity (Wildman–Crippen MR) is 126 cm³/mol. The summed E-state index contributed by atoms with van der Waals surface area (Å²) in [6, 6.07) is 14.4. The SMILES string of the molecule is Fc1cc(N2CC3C(C2)C3n2cnnc2)ccc1CN1SC(c2ccccc2)=CC=C1C(F)(F)F. The second kappa shape index (κ2) is 8.44. The first-order valence-electron chi connectivity index (χ1n) is 11.3. The first-order valence-corrected chi connectivity index (χ1v) is 12.0. The summed E-state index contributed by atoms with van der Waals surface area (Å²) >= 11 is 0.974. The zero-order valence-electron chi connectivity index (χ0n) is 18.4. The number of alkyl halides is 3. The van der Waals surface area contributed by atoms with Gasteiger partial charge in [-0.15, -0.1) is 10.2 Å². The van der Waals surface area contributed by atoms with Crippen LogP contribution in [-0.2, 0) is 6.54 Å². The maximum absolute atomic E-state index is 15.1. The zero-order valence-corrected chi connectivity index (χ0v) is 19.3. The fourth-order valence-corrected chi connectivity index (χ4v) is 6.14. The van der Waals surface area contributed by atoms with Gasteiger partial charge in [0.05, 0.1) is 6.54 Å². The molecule has 3 aromatic rings. The molecule has 0 amide bonds. The number of hydrogen-bond acceptors (Lipinski definition) is 5. The van der Waals surface area contributed by atoms with E-state index in [2.05, 4.69) is 15.1 Å². The number of halogens is 4. The van der Waals surface area contributed by atoms with E-state index in [1.54, 1.807) is 24.8 Å². The van der Waals surface area contributed by atoms with Crippen molar-refractivity contribution in [2.24, 2.45) is 11.8 Å². The van der Waals surface area contributed by atoms with Crippen molar-refractivity contribution in [1.29, 1.82) is 0 Å². The largest absolute Gasteiger partial charge is 0.431 e. The molecule has 0 spiro atoms. The molecule has 2 fully saturated rings. The highest BCUT2D eigenvalue weighted by molar-refractivity contribution is 8.06. The van der Waals surface area contributed by atoms with Crippen molar-refractivity contribution in [1.82, 2.24) is 19.1 Å². The van der Waals surface area contributed by atoms with Crippen LogP contribution in [0.25, 0.3) is 4.91 Å². The Bertz CT molecular complexity index is 1280. The third-order valence-corrected chi connectivity index (χ3v) is 7.98. The van der Waals surface area contributed by atoms with Crippen LogP contribution < -0.4 is 4.90 Å². The molecule has 1 aliphatic carbocycles. The molecule has 2 aliphatic heterocycles. The van der Waals surface area contributed by atoms with E-state index in [4.69, 9.17) is 0 Å². The highest BCUT2D eigenvalue weighted by Crippen LogP contribution is 2.55. The predicted octanol–water partition coefficient (Wildman–Crippen LogP) is 5.68. The normalized spacial score (nSPS) is 23.7. The molecule has 180 valence electrons. The van der Waals surface area contributed by atoms with E-state index in [1.165, 1.54) is 12.1 Å². The Morgan fingerprint density at radius 3 is 2.31 bits per heavy atom. The number of hydrogen-bond donors (Lipinski definition) is 0. The standard InChI is InChI=1S/C25H21F4N5S/c26-21-10-18(32-12-19-20(13-32)24(19)33-14-30-31-15-33)7-6-17(21)11-34-23(25(27,28)29)9-8-22(35-34)16-4-2-1-3-5-16/h1-10,14-15,19-20,24H,11-13H2. The van der Waals surface area contributed by atoms with Crippen LogP contribution in [0.1, 0.15) is 17.2 Å². The molecular formula is C25H21F4N5S.